The first-order chi connectivity index (χ1) is 9.09. The molecule has 0 aromatic carbocycles. The summed E-state index contributed by atoms with van der Waals surface area (Å²) in [6, 6.07) is 2.07. The molecule has 1 aromatic rings. The van der Waals surface area contributed by atoms with E-state index in [-0.39, 0.29) is 11.1 Å². The molecule has 1 aliphatic rings. The van der Waals surface area contributed by atoms with E-state index in [0.717, 1.165) is 17.3 Å². The van der Waals surface area contributed by atoms with Gasteiger partial charge >= 0.3 is 0 Å². The molecule has 5 heteroatoms. The molecule has 0 saturated heterocycles. The van der Waals surface area contributed by atoms with Gasteiger partial charge in [-0.3, -0.25) is 4.79 Å². The highest BCUT2D eigenvalue weighted by molar-refractivity contribution is 9.10. The molecule has 1 aliphatic carbocycles. The molecule has 0 unspecified atom stereocenters. The molecule has 0 atom stereocenters. The van der Waals surface area contributed by atoms with E-state index >= 15 is 0 Å². The average Bonchev–Trinajstić information content (AvgIpc) is 2.69. The van der Waals surface area contributed by atoms with Gasteiger partial charge in [-0.1, -0.05) is 37.3 Å². The van der Waals surface area contributed by atoms with Gasteiger partial charge in [-0.05, 0) is 34.8 Å². The first-order valence-electron chi connectivity index (χ1n) is 6.68. The van der Waals surface area contributed by atoms with Gasteiger partial charge in [0.2, 0.25) is 0 Å². The van der Waals surface area contributed by atoms with Crippen molar-refractivity contribution in [1.82, 2.24) is 9.88 Å². The van der Waals surface area contributed by atoms with Gasteiger partial charge in [-0.2, -0.15) is 0 Å². The standard InChI is InChI=1S/C14H18BrClN2O/c1-18(11-6-4-2-3-5-7-11)14(19)12-8-10(15)9-17-13(12)16/h8-9,11H,2-7H2,1H3. The molecule has 19 heavy (non-hydrogen) atoms. The van der Waals surface area contributed by atoms with Crippen LogP contribution < -0.4 is 0 Å². The zero-order chi connectivity index (χ0) is 13.8. The number of nitrogens with zero attached hydrogens (tertiary/aromatic N) is 2. The summed E-state index contributed by atoms with van der Waals surface area (Å²) in [5.41, 5.74) is 0.475. The van der Waals surface area contributed by atoms with Gasteiger partial charge in [-0.15, -0.1) is 0 Å². The largest absolute Gasteiger partial charge is 0.339 e. The molecule has 104 valence electrons. The Morgan fingerprint density at radius 2 is 2.00 bits per heavy atom. The van der Waals surface area contributed by atoms with Crippen LogP contribution in [0.3, 0.4) is 0 Å². The maximum Gasteiger partial charge on any atom is 0.257 e. The monoisotopic (exact) mass is 344 g/mol. The Balaban J connectivity index is 2.15. The zero-order valence-electron chi connectivity index (χ0n) is 11.0. The Morgan fingerprint density at radius 3 is 2.63 bits per heavy atom. The Morgan fingerprint density at radius 1 is 1.37 bits per heavy atom. The second-order valence-corrected chi connectivity index (χ2v) is 6.33. The quantitative estimate of drug-likeness (QED) is 0.591. The number of carbonyl (C=O) groups is 1. The number of aromatic nitrogens is 1. The van der Waals surface area contributed by atoms with Gasteiger partial charge in [-0.25, -0.2) is 4.98 Å². The molecule has 0 aliphatic heterocycles. The van der Waals surface area contributed by atoms with E-state index in [9.17, 15) is 4.79 Å². The lowest BCUT2D eigenvalue weighted by molar-refractivity contribution is 0.0717. The van der Waals surface area contributed by atoms with Crippen LogP contribution in [0.5, 0.6) is 0 Å². The number of carbonyl (C=O) groups excluding carboxylic acids is 1. The molecule has 1 heterocycles. The van der Waals surface area contributed by atoms with Crippen molar-refractivity contribution in [1.29, 1.82) is 0 Å². The maximum atomic E-state index is 12.5. The van der Waals surface area contributed by atoms with Crippen LogP contribution in [0.2, 0.25) is 5.15 Å². The summed E-state index contributed by atoms with van der Waals surface area (Å²) >= 11 is 9.36. The predicted molar refractivity (Wildman–Crippen MR) is 80.5 cm³/mol. The molecule has 2 rings (SSSR count). The van der Waals surface area contributed by atoms with Crippen LogP contribution in [0.15, 0.2) is 16.7 Å². The van der Waals surface area contributed by atoms with Gasteiger partial charge in [0.1, 0.15) is 5.15 Å². The van der Waals surface area contributed by atoms with Gasteiger partial charge < -0.3 is 4.90 Å². The Hall–Kier alpha value is -0.610. The molecule has 1 fully saturated rings. The molecule has 1 saturated carbocycles. The van der Waals surface area contributed by atoms with Crippen LogP contribution in [0, 0.1) is 0 Å². The predicted octanol–water partition coefficient (Wildman–Crippen LogP) is 4.29. The lowest BCUT2D eigenvalue weighted by Gasteiger charge is -2.27. The van der Waals surface area contributed by atoms with Gasteiger partial charge in [0.25, 0.3) is 5.91 Å². The highest BCUT2D eigenvalue weighted by atomic mass is 79.9. The van der Waals surface area contributed by atoms with Crippen LogP contribution in [0.25, 0.3) is 0 Å². The number of pyridine rings is 1. The van der Waals surface area contributed by atoms with Crippen LogP contribution in [0.4, 0.5) is 0 Å². The fourth-order valence-corrected chi connectivity index (χ4v) is 3.09. The normalized spacial score (nSPS) is 17.0. The number of amides is 1. The minimum atomic E-state index is -0.0364. The second-order valence-electron chi connectivity index (χ2n) is 5.05. The highest BCUT2D eigenvalue weighted by Crippen LogP contribution is 2.25. The second kappa shape index (κ2) is 6.71. The fourth-order valence-electron chi connectivity index (χ4n) is 2.57. The summed E-state index contributed by atoms with van der Waals surface area (Å²) in [4.78, 5) is 18.4. The maximum absolute atomic E-state index is 12.5. The third-order valence-corrected chi connectivity index (χ3v) is 4.46. The number of halogens is 2. The van der Waals surface area contributed by atoms with Crippen molar-refractivity contribution < 1.29 is 4.79 Å². The van der Waals surface area contributed by atoms with E-state index < -0.39 is 0 Å². The summed E-state index contributed by atoms with van der Waals surface area (Å²) in [7, 11) is 1.87. The van der Waals surface area contributed by atoms with Crippen molar-refractivity contribution in [2.24, 2.45) is 0 Å². The molecule has 1 amide bonds. The Bertz CT molecular complexity index is 459. The van der Waals surface area contributed by atoms with Crippen LogP contribution in [0.1, 0.15) is 48.9 Å². The molecule has 0 radical (unpaired) electrons. The van der Waals surface area contributed by atoms with Gasteiger partial charge in [0, 0.05) is 23.8 Å². The summed E-state index contributed by atoms with van der Waals surface area (Å²) in [5.74, 6) is -0.0364. The van der Waals surface area contributed by atoms with Crippen LogP contribution in [-0.4, -0.2) is 28.9 Å². The SMILES string of the molecule is CN(C(=O)c1cc(Br)cnc1Cl)C1CCCCCC1. The van der Waals surface area contributed by atoms with Crippen molar-refractivity contribution in [3.05, 3.63) is 27.5 Å². The zero-order valence-corrected chi connectivity index (χ0v) is 13.4. The summed E-state index contributed by atoms with van der Waals surface area (Å²) < 4.78 is 0.773. The number of hydrogen-bond acceptors (Lipinski definition) is 2. The molecule has 0 N–H and O–H groups in total. The summed E-state index contributed by atoms with van der Waals surface area (Å²) in [6.07, 6.45) is 8.72. The van der Waals surface area contributed by atoms with Gasteiger partial charge in [0.15, 0.2) is 0 Å². The topological polar surface area (TPSA) is 33.2 Å². The Kier molecular flexibility index (Phi) is 5.22. The first-order valence-corrected chi connectivity index (χ1v) is 7.85. The van der Waals surface area contributed by atoms with E-state index in [2.05, 4.69) is 20.9 Å². The molecule has 0 spiro atoms. The highest BCUT2D eigenvalue weighted by Gasteiger charge is 2.24. The molecule has 3 nitrogen and oxygen atoms in total. The van der Waals surface area contributed by atoms with Gasteiger partial charge in [0.05, 0.1) is 5.56 Å². The minimum absolute atomic E-state index is 0.0364. The molecular formula is C14H18BrClN2O. The molecule has 1 aromatic heterocycles. The number of rotatable bonds is 2. The minimum Gasteiger partial charge on any atom is -0.339 e. The third-order valence-electron chi connectivity index (χ3n) is 3.73. The van der Waals surface area contributed by atoms with Crippen molar-refractivity contribution in [2.75, 3.05) is 7.05 Å². The van der Waals surface area contributed by atoms with Crippen molar-refractivity contribution >= 4 is 33.4 Å². The third kappa shape index (κ3) is 3.69. The van der Waals surface area contributed by atoms with Crippen LogP contribution >= 0.6 is 27.5 Å². The van der Waals surface area contributed by atoms with E-state index in [4.69, 9.17) is 11.6 Å². The lowest BCUT2D eigenvalue weighted by atomic mass is 10.1. The van der Waals surface area contributed by atoms with Crippen molar-refractivity contribution in [3.8, 4) is 0 Å². The van der Waals surface area contributed by atoms with E-state index in [1.165, 1.54) is 25.7 Å². The van der Waals surface area contributed by atoms with Crippen LogP contribution in [-0.2, 0) is 0 Å². The lowest BCUT2D eigenvalue weighted by Crippen LogP contribution is -2.37. The average molecular weight is 346 g/mol. The smallest absolute Gasteiger partial charge is 0.257 e. The Labute approximate surface area is 127 Å². The van der Waals surface area contributed by atoms with E-state index in [1.54, 1.807) is 12.3 Å². The summed E-state index contributed by atoms with van der Waals surface area (Å²) in [6.45, 7) is 0. The van der Waals surface area contributed by atoms with E-state index in [1.807, 2.05) is 11.9 Å². The molecule has 0 bridgehead atoms. The van der Waals surface area contributed by atoms with Crippen molar-refractivity contribution in [2.45, 2.75) is 44.6 Å². The van der Waals surface area contributed by atoms with Crippen molar-refractivity contribution in [3.63, 3.8) is 0 Å². The summed E-state index contributed by atoms with van der Waals surface area (Å²) in [5, 5.41) is 0.272. The number of hydrogen-bond donors (Lipinski definition) is 0. The first kappa shape index (κ1) is 14.8. The molecular weight excluding hydrogens is 328 g/mol. The fraction of sp³-hybridized carbons (Fsp3) is 0.571. The van der Waals surface area contributed by atoms with E-state index in [0.29, 0.717) is 11.6 Å².